The number of halogens is 1. The Morgan fingerprint density at radius 1 is 1.67 bits per heavy atom. The van der Waals surface area contributed by atoms with Crippen molar-refractivity contribution in [3.8, 4) is 0 Å². The molecule has 0 aromatic carbocycles. The summed E-state index contributed by atoms with van der Waals surface area (Å²) in [5, 5.41) is 9.76. The van der Waals surface area contributed by atoms with Crippen molar-refractivity contribution < 1.29 is 14.6 Å². The summed E-state index contributed by atoms with van der Waals surface area (Å²) in [6.07, 6.45) is 0.0503. The Morgan fingerprint density at radius 2 is 2.25 bits per heavy atom. The van der Waals surface area contributed by atoms with Crippen LogP contribution in [0.2, 0.25) is 0 Å². The van der Waals surface area contributed by atoms with Gasteiger partial charge in [-0.2, -0.15) is 0 Å². The van der Waals surface area contributed by atoms with E-state index in [1.807, 2.05) is 13.8 Å². The molecule has 1 saturated heterocycles. The van der Waals surface area contributed by atoms with Crippen molar-refractivity contribution in [3.05, 3.63) is 0 Å². The van der Waals surface area contributed by atoms with Crippen molar-refractivity contribution in [3.63, 3.8) is 0 Å². The first-order valence-electron chi connectivity index (χ1n) is 4.02. The van der Waals surface area contributed by atoms with Gasteiger partial charge in [0.1, 0.15) is 10.2 Å². The quantitative estimate of drug-likeness (QED) is 0.583. The van der Waals surface area contributed by atoms with Gasteiger partial charge in [-0.25, -0.2) is 0 Å². The van der Waals surface area contributed by atoms with E-state index in [9.17, 15) is 5.11 Å². The SMILES string of the molecule is COC1(C)CC(I)O[C@@H](C)[C@H]1O. The molecule has 0 aromatic rings. The van der Waals surface area contributed by atoms with Crippen LogP contribution in [0.3, 0.4) is 0 Å². The van der Waals surface area contributed by atoms with E-state index < -0.39 is 11.7 Å². The van der Waals surface area contributed by atoms with Crippen LogP contribution >= 0.6 is 22.6 Å². The molecule has 0 aromatic heterocycles. The maximum atomic E-state index is 9.76. The summed E-state index contributed by atoms with van der Waals surface area (Å²) in [6, 6.07) is 0. The van der Waals surface area contributed by atoms with Gasteiger partial charge in [-0.05, 0) is 13.8 Å². The minimum absolute atomic E-state index is 0.131. The molecule has 0 spiro atoms. The van der Waals surface area contributed by atoms with Crippen molar-refractivity contribution in [2.75, 3.05) is 7.11 Å². The van der Waals surface area contributed by atoms with Gasteiger partial charge in [-0.1, -0.05) is 22.6 Å². The van der Waals surface area contributed by atoms with E-state index in [4.69, 9.17) is 9.47 Å². The minimum atomic E-state index is -0.534. The first-order valence-corrected chi connectivity index (χ1v) is 5.27. The van der Waals surface area contributed by atoms with Crippen LogP contribution in [0, 0.1) is 0 Å². The molecule has 72 valence electrons. The third-order valence-electron chi connectivity index (χ3n) is 2.46. The Kier molecular flexibility index (Phi) is 3.36. The highest BCUT2D eigenvalue weighted by Crippen LogP contribution is 2.33. The van der Waals surface area contributed by atoms with Crippen LogP contribution < -0.4 is 0 Å². The lowest BCUT2D eigenvalue weighted by Gasteiger charge is -2.42. The molecular formula is C8H15IO3. The van der Waals surface area contributed by atoms with E-state index in [1.165, 1.54) is 0 Å². The Balaban J connectivity index is 2.72. The van der Waals surface area contributed by atoms with Gasteiger partial charge in [-0.15, -0.1) is 0 Å². The van der Waals surface area contributed by atoms with Crippen LogP contribution in [-0.4, -0.2) is 34.1 Å². The fourth-order valence-corrected chi connectivity index (χ4v) is 2.83. The van der Waals surface area contributed by atoms with Gasteiger partial charge >= 0.3 is 0 Å². The zero-order chi connectivity index (χ0) is 9.35. The maximum Gasteiger partial charge on any atom is 0.112 e. The molecule has 0 saturated carbocycles. The molecule has 1 N–H and O–H groups in total. The number of aliphatic hydroxyl groups excluding tert-OH is 1. The van der Waals surface area contributed by atoms with Gasteiger partial charge in [0, 0.05) is 13.5 Å². The second-order valence-electron chi connectivity index (χ2n) is 3.42. The second kappa shape index (κ2) is 3.77. The molecule has 0 amide bonds. The fraction of sp³-hybridized carbons (Fsp3) is 1.00. The minimum Gasteiger partial charge on any atom is -0.387 e. The molecule has 3 nitrogen and oxygen atoms in total. The number of alkyl halides is 1. The van der Waals surface area contributed by atoms with E-state index in [1.54, 1.807) is 7.11 Å². The van der Waals surface area contributed by atoms with Crippen molar-refractivity contribution in [1.29, 1.82) is 0 Å². The number of ether oxygens (including phenoxy) is 2. The summed E-state index contributed by atoms with van der Waals surface area (Å²) in [4.78, 5) is 0. The third kappa shape index (κ3) is 1.92. The highest BCUT2D eigenvalue weighted by molar-refractivity contribution is 14.1. The molecule has 1 fully saturated rings. The van der Waals surface area contributed by atoms with Crippen LogP contribution in [0.5, 0.6) is 0 Å². The lowest BCUT2D eigenvalue weighted by Crippen LogP contribution is -2.54. The normalized spacial score (nSPS) is 49.2. The molecule has 1 heterocycles. The van der Waals surface area contributed by atoms with Gasteiger partial charge in [0.25, 0.3) is 0 Å². The number of hydrogen-bond donors (Lipinski definition) is 1. The first kappa shape index (κ1) is 10.7. The standard InChI is InChI=1S/C8H15IO3/c1-5-7(10)8(2,11-3)4-6(9)12-5/h5-7,10H,4H2,1-3H3/t5-,6?,7+,8?/m0/s1. The van der Waals surface area contributed by atoms with Crippen molar-refractivity contribution in [1.82, 2.24) is 0 Å². The number of rotatable bonds is 1. The summed E-state index contributed by atoms with van der Waals surface area (Å²) in [5.41, 5.74) is -0.455. The Labute approximate surface area is 86.6 Å². The molecule has 0 bridgehead atoms. The lowest BCUT2D eigenvalue weighted by molar-refractivity contribution is -0.193. The Morgan fingerprint density at radius 3 is 2.75 bits per heavy atom. The molecule has 12 heavy (non-hydrogen) atoms. The summed E-state index contributed by atoms with van der Waals surface area (Å²) in [7, 11) is 1.63. The topological polar surface area (TPSA) is 38.7 Å². The number of hydrogen-bond acceptors (Lipinski definition) is 3. The molecule has 4 heteroatoms. The van der Waals surface area contributed by atoms with Gasteiger partial charge < -0.3 is 14.6 Å². The van der Waals surface area contributed by atoms with Crippen LogP contribution in [-0.2, 0) is 9.47 Å². The first-order chi connectivity index (χ1) is 5.49. The zero-order valence-corrected chi connectivity index (χ0v) is 9.74. The maximum absolute atomic E-state index is 9.76. The molecule has 0 radical (unpaired) electrons. The molecule has 4 atom stereocenters. The largest absolute Gasteiger partial charge is 0.387 e. The predicted octanol–water partition coefficient (Wildman–Crippen LogP) is 1.32. The van der Waals surface area contributed by atoms with E-state index in [-0.39, 0.29) is 10.2 Å². The van der Waals surface area contributed by atoms with Crippen LogP contribution in [0.4, 0.5) is 0 Å². The van der Waals surface area contributed by atoms with Crippen LogP contribution in [0.15, 0.2) is 0 Å². The smallest absolute Gasteiger partial charge is 0.112 e. The number of methoxy groups -OCH3 is 1. The average molecular weight is 286 g/mol. The summed E-state index contributed by atoms with van der Waals surface area (Å²) in [6.45, 7) is 3.79. The zero-order valence-electron chi connectivity index (χ0n) is 7.58. The summed E-state index contributed by atoms with van der Waals surface area (Å²) < 4.78 is 10.9. The third-order valence-corrected chi connectivity index (χ3v) is 3.20. The highest BCUT2D eigenvalue weighted by Gasteiger charge is 2.43. The van der Waals surface area contributed by atoms with Gasteiger partial charge in [-0.3, -0.25) is 0 Å². The lowest BCUT2D eigenvalue weighted by atomic mass is 9.89. The van der Waals surface area contributed by atoms with Crippen molar-refractivity contribution >= 4 is 22.6 Å². The molecular weight excluding hydrogens is 271 g/mol. The van der Waals surface area contributed by atoms with E-state index in [0.717, 1.165) is 6.42 Å². The van der Waals surface area contributed by atoms with E-state index in [0.29, 0.717) is 0 Å². The number of aliphatic hydroxyl groups is 1. The molecule has 0 aliphatic carbocycles. The Bertz CT molecular complexity index is 164. The van der Waals surface area contributed by atoms with Gasteiger partial charge in [0.05, 0.1) is 11.7 Å². The van der Waals surface area contributed by atoms with Gasteiger partial charge in [0.15, 0.2) is 0 Å². The van der Waals surface area contributed by atoms with E-state index in [2.05, 4.69) is 22.6 Å². The second-order valence-corrected chi connectivity index (χ2v) is 4.81. The highest BCUT2D eigenvalue weighted by atomic mass is 127. The van der Waals surface area contributed by atoms with Gasteiger partial charge in [0.2, 0.25) is 0 Å². The molecule has 2 unspecified atom stereocenters. The van der Waals surface area contributed by atoms with Crippen molar-refractivity contribution in [2.24, 2.45) is 0 Å². The average Bonchev–Trinajstić information content (AvgIpc) is 2.00. The monoisotopic (exact) mass is 286 g/mol. The predicted molar refractivity (Wildman–Crippen MR) is 54.4 cm³/mol. The van der Waals surface area contributed by atoms with E-state index >= 15 is 0 Å². The molecule has 1 rings (SSSR count). The summed E-state index contributed by atoms with van der Waals surface area (Å²) >= 11 is 2.22. The van der Waals surface area contributed by atoms with Crippen LogP contribution in [0.25, 0.3) is 0 Å². The Hall–Kier alpha value is 0.610. The van der Waals surface area contributed by atoms with Crippen molar-refractivity contribution in [2.45, 2.75) is 42.2 Å². The fourth-order valence-electron chi connectivity index (χ4n) is 1.50. The molecule has 1 aliphatic heterocycles. The van der Waals surface area contributed by atoms with Crippen LogP contribution in [0.1, 0.15) is 20.3 Å². The summed E-state index contributed by atoms with van der Waals surface area (Å²) in [5.74, 6) is 0. The molecule has 1 aliphatic rings.